The van der Waals surface area contributed by atoms with Gasteiger partial charge in [-0.15, -0.1) is 0 Å². The first-order valence-corrected chi connectivity index (χ1v) is 8.44. The summed E-state index contributed by atoms with van der Waals surface area (Å²) in [5, 5.41) is 11.7. The highest BCUT2D eigenvalue weighted by atomic mass is 16.4. The number of hydrogen-bond acceptors (Lipinski definition) is 5. The van der Waals surface area contributed by atoms with Crippen molar-refractivity contribution in [3.05, 3.63) is 46.1 Å². The Labute approximate surface area is 150 Å². The van der Waals surface area contributed by atoms with E-state index in [4.69, 9.17) is 0 Å². The zero-order valence-corrected chi connectivity index (χ0v) is 14.8. The molecule has 0 saturated carbocycles. The second-order valence-electron chi connectivity index (χ2n) is 6.00. The first-order chi connectivity index (χ1) is 12.4. The van der Waals surface area contributed by atoms with Crippen LogP contribution in [-0.4, -0.2) is 38.0 Å². The lowest BCUT2D eigenvalue weighted by Crippen LogP contribution is -2.42. The van der Waals surface area contributed by atoms with E-state index in [-0.39, 0.29) is 12.0 Å². The molecule has 2 rings (SSSR count). The Morgan fingerprint density at radius 1 is 1.38 bits per heavy atom. The molecular formula is C18H22N4O4. The lowest BCUT2D eigenvalue weighted by molar-refractivity contribution is -0.142. The van der Waals surface area contributed by atoms with Gasteiger partial charge in [-0.25, -0.2) is 9.78 Å². The maximum atomic E-state index is 12.3. The summed E-state index contributed by atoms with van der Waals surface area (Å²) in [6, 6.07) is 2.54. The standard InChI is InChI=1S/C18H22N4O4/c1-3-4-7-14(18(25)26)21-15(23)9-13-11(2)20-16(22-17(13)24)12-6-5-8-19-10-12/h5-6,8,10,14H,3-4,7,9H2,1-2H3,(H,21,23)(H,25,26)(H,20,22,24)/t14-/m0/s1. The summed E-state index contributed by atoms with van der Waals surface area (Å²) in [4.78, 5) is 46.7. The zero-order valence-electron chi connectivity index (χ0n) is 14.8. The van der Waals surface area contributed by atoms with Crippen molar-refractivity contribution in [2.45, 2.75) is 45.6 Å². The number of carboxylic acids is 1. The predicted octanol–water partition coefficient (Wildman–Crippen LogP) is 1.44. The van der Waals surface area contributed by atoms with Gasteiger partial charge in [0.25, 0.3) is 5.56 Å². The van der Waals surface area contributed by atoms with Crippen LogP contribution in [0, 0.1) is 6.92 Å². The van der Waals surface area contributed by atoms with Crippen LogP contribution in [0.2, 0.25) is 0 Å². The molecule has 0 fully saturated rings. The summed E-state index contributed by atoms with van der Waals surface area (Å²) in [5.41, 5.74) is 0.874. The minimum Gasteiger partial charge on any atom is -0.480 e. The van der Waals surface area contributed by atoms with Crippen LogP contribution >= 0.6 is 0 Å². The van der Waals surface area contributed by atoms with E-state index < -0.39 is 23.5 Å². The summed E-state index contributed by atoms with van der Waals surface area (Å²) in [6.07, 6.45) is 4.85. The third kappa shape index (κ3) is 4.98. The van der Waals surface area contributed by atoms with E-state index in [9.17, 15) is 19.5 Å². The monoisotopic (exact) mass is 358 g/mol. The van der Waals surface area contributed by atoms with Crippen molar-refractivity contribution in [1.82, 2.24) is 20.3 Å². The number of carboxylic acid groups (broad SMARTS) is 1. The SMILES string of the molecule is CCCC[C@H](NC(=O)Cc1c(C)nc(-c2cccnc2)[nH]c1=O)C(=O)O. The number of rotatable bonds is 8. The third-order valence-corrected chi connectivity index (χ3v) is 3.97. The fourth-order valence-electron chi connectivity index (χ4n) is 2.53. The van der Waals surface area contributed by atoms with Crippen molar-refractivity contribution < 1.29 is 14.7 Å². The number of aromatic nitrogens is 3. The molecule has 1 atom stereocenters. The quantitative estimate of drug-likeness (QED) is 0.656. The molecule has 0 aliphatic carbocycles. The summed E-state index contributed by atoms with van der Waals surface area (Å²) in [7, 11) is 0. The number of aryl methyl sites for hydroxylation is 1. The van der Waals surface area contributed by atoms with Gasteiger partial charge in [0.1, 0.15) is 11.9 Å². The molecule has 0 bridgehead atoms. The molecule has 0 unspecified atom stereocenters. The van der Waals surface area contributed by atoms with Crippen LogP contribution in [0.5, 0.6) is 0 Å². The summed E-state index contributed by atoms with van der Waals surface area (Å²) in [6.45, 7) is 3.59. The van der Waals surface area contributed by atoms with E-state index in [1.807, 2.05) is 6.92 Å². The van der Waals surface area contributed by atoms with Gasteiger partial charge in [0, 0.05) is 29.2 Å². The highest BCUT2D eigenvalue weighted by Crippen LogP contribution is 2.13. The van der Waals surface area contributed by atoms with Gasteiger partial charge >= 0.3 is 5.97 Å². The van der Waals surface area contributed by atoms with Crippen molar-refractivity contribution in [2.24, 2.45) is 0 Å². The van der Waals surface area contributed by atoms with Gasteiger partial charge in [-0.3, -0.25) is 14.6 Å². The molecule has 0 saturated heterocycles. The van der Waals surface area contributed by atoms with E-state index in [2.05, 4.69) is 20.3 Å². The van der Waals surface area contributed by atoms with Crippen LogP contribution in [-0.2, 0) is 16.0 Å². The minimum absolute atomic E-state index is 0.217. The van der Waals surface area contributed by atoms with Crippen LogP contribution in [0.25, 0.3) is 11.4 Å². The summed E-state index contributed by atoms with van der Waals surface area (Å²) >= 11 is 0. The van der Waals surface area contributed by atoms with Crippen molar-refractivity contribution in [2.75, 3.05) is 0 Å². The van der Waals surface area contributed by atoms with E-state index in [0.29, 0.717) is 29.9 Å². The van der Waals surface area contributed by atoms with Crippen LogP contribution in [0.3, 0.4) is 0 Å². The number of pyridine rings is 1. The fraction of sp³-hybridized carbons (Fsp3) is 0.389. The molecule has 0 radical (unpaired) electrons. The lowest BCUT2D eigenvalue weighted by atomic mass is 10.1. The van der Waals surface area contributed by atoms with Crippen LogP contribution in [0.4, 0.5) is 0 Å². The Hall–Kier alpha value is -3.03. The molecule has 0 aromatic carbocycles. The summed E-state index contributed by atoms with van der Waals surface area (Å²) < 4.78 is 0. The van der Waals surface area contributed by atoms with Gasteiger partial charge in [-0.2, -0.15) is 0 Å². The van der Waals surface area contributed by atoms with E-state index in [0.717, 1.165) is 6.42 Å². The first kappa shape index (κ1) is 19.3. The first-order valence-electron chi connectivity index (χ1n) is 8.44. The molecule has 26 heavy (non-hydrogen) atoms. The zero-order chi connectivity index (χ0) is 19.1. The number of amides is 1. The molecule has 1 amide bonds. The number of carbonyl (C=O) groups is 2. The molecule has 0 spiro atoms. The highest BCUT2D eigenvalue weighted by Gasteiger charge is 2.21. The number of aliphatic carboxylic acids is 1. The molecular weight excluding hydrogens is 336 g/mol. The number of H-pyrrole nitrogens is 1. The van der Waals surface area contributed by atoms with E-state index >= 15 is 0 Å². The van der Waals surface area contributed by atoms with Crippen molar-refractivity contribution in [1.29, 1.82) is 0 Å². The van der Waals surface area contributed by atoms with E-state index in [1.54, 1.807) is 31.5 Å². The fourth-order valence-corrected chi connectivity index (χ4v) is 2.53. The van der Waals surface area contributed by atoms with Crippen molar-refractivity contribution in [3.8, 4) is 11.4 Å². The smallest absolute Gasteiger partial charge is 0.326 e. The average molecular weight is 358 g/mol. The van der Waals surface area contributed by atoms with Gasteiger partial charge in [-0.05, 0) is 25.5 Å². The number of carbonyl (C=O) groups excluding carboxylic acids is 1. The maximum absolute atomic E-state index is 12.3. The predicted molar refractivity (Wildman–Crippen MR) is 95.6 cm³/mol. The van der Waals surface area contributed by atoms with Crippen molar-refractivity contribution in [3.63, 3.8) is 0 Å². The number of aromatic amines is 1. The van der Waals surface area contributed by atoms with Gasteiger partial charge < -0.3 is 15.4 Å². The molecule has 2 heterocycles. The van der Waals surface area contributed by atoms with Gasteiger partial charge in [0.15, 0.2) is 0 Å². The Morgan fingerprint density at radius 2 is 2.15 bits per heavy atom. The van der Waals surface area contributed by atoms with E-state index in [1.165, 1.54) is 0 Å². The van der Waals surface area contributed by atoms with Crippen LogP contribution in [0.1, 0.15) is 37.4 Å². The molecule has 0 aliphatic rings. The molecule has 2 aromatic heterocycles. The highest BCUT2D eigenvalue weighted by molar-refractivity contribution is 5.84. The topological polar surface area (TPSA) is 125 Å². The Kier molecular flexibility index (Phi) is 6.60. The summed E-state index contributed by atoms with van der Waals surface area (Å²) in [5.74, 6) is -1.23. The van der Waals surface area contributed by atoms with Gasteiger partial charge in [0.05, 0.1) is 6.42 Å². The second-order valence-corrected chi connectivity index (χ2v) is 6.00. The van der Waals surface area contributed by atoms with Gasteiger partial charge in [-0.1, -0.05) is 19.8 Å². The molecule has 2 aromatic rings. The minimum atomic E-state index is -1.08. The molecule has 3 N–H and O–H groups in total. The second kappa shape index (κ2) is 8.89. The van der Waals surface area contributed by atoms with Crippen LogP contribution < -0.4 is 10.9 Å². The number of nitrogens with zero attached hydrogens (tertiary/aromatic N) is 2. The Balaban J connectivity index is 2.15. The number of hydrogen-bond donors (Lipinski definition) is 3. The Morgan fingerprint density at radius 3 is 2.73 bits per heavy atom. The number of nitrogens with one attached hydrogen (secondary N) is 2. The molecule has 8 nitrogen and oxygen atoms in total. The Bertz CT molecular complexity index is 833. The molecule has 0 aliphatic heterocycles. The van der Waals surface area contributed by atoms with Crippen LogP contribution in [0.15, 0.2) is 29.3 Å². The molecule has 8 heteroatoms. The average Bonchev–Trinajstić information content (AvgIpc) is 2.62. The lowest BCUT2D eigenvalue weighted by Gasteiger charge is -2.14. The normalized spacial score (nSPS) is 11.8. The third-order valence-electron chi connectivity index (χ3n) is 3.97. The largest absolute Gasteiger partial charge is 0.480 e. The molecule has 138 valence electrons. The van der Waals surface area contributed by atoms with Crippen molar-refractivity contribution >= 4 is 11.9 Å². The number of unbranched alkanes of at least 4 members (excludes halogenated alkanes) is 1. The maximum Gasteiger partial charge on any atom is 0.326 e. The van der Waals surface area contributed by atoms with Gasteiger partial charge in [0.2, 0.25) is 5.91 Å².